The third-order valence-electron chi connectivity index (χ3n) is 3.91. The molecule has 0 aliphatic heterocycles. The highest BCUT2D eigenvalue weighted by atomic mass is 79.9. The van der Waals surface area contributed by atoms with Crippen LogP contribution in [0.4, 0.5) is 0 Å². The van der Waals surface area contributed by atoms with Gasteiger partial charge in [0.1, 0.15) is 5.75 Å². The molecule has 0 atom stereocenters. The Balaban J connectivity index is 2.11. The molecule has 0 heterocycles. The number of carbonyl (C=O) groups is 1. The molecular formula is C17H24BrNO2. The largest absolute Gasteiger partial charge is 0.494 e. The van der Waals surface area contributed by atoms with Crippen molar-refractivity contribution in [1.29, 1.82) is 0 Å². The molecule has 1 aliphatic carbocycles. The number of hydrogen-bond acceptors (Lipinski definition) is 2. The Morgan fingerprint density at radius 1 is 1.38 bits per heavy atom. The standard InChI is InChI=1S/C17H24BrNO2/c1-2-12-21-16-9-5-6-14(13-16)17(20)19(11-10-18)15-7-3-4-8-15/h5-6,9,13,15H,2-4,7-8,10-12H2,1H3. The van der Waals surface area contributed by atoms with E-state index in [0.29, 0.717) is 12.6 Å². The summed E-state index contributed by atoms with van der Waals surface area (Å²) in [4.78, 5) is 14.8. The average Bonchev–Trinajstić information content (AvgIpc) is 3.04. The number of carbonyl (C=O) groups excluding carboxylic acids is 1. The Bertz CT molecular complexity index is 458. The van der Waals surface area contributed by atoms with E-state index in [9.17, 15) is 4.79 Å². The summed E-state index contributed by atoms with van der Waals surface area (Å²) in [5.74, 6) is 0.913. The molecule has 1 fully saturated rings. The molecule has 2 rings (SSSR count). The van der Waals surface area contributed by atoms with Crippen molar-refractivity contribution in [3.05, 3.63) is 29.8 Å². The van der Waals surface area contributed by atoms with Crippen LogP contribution >= 0.6 is 15.9 Å². The summed E-state index contributed by atoms with van der Waals surface area (Å²) in [5.41, 5.74) is 0.733. The maximum atomic E-state index is 12.8. The minimum absolute atomic E-state index is 0.128. The molecule has 0 bridgehead atoms. The average molecular weight is 354 g/mol. The van der Waals surface area contributed by atoms with Crippen molar-refractivity contribution in [3.8, 4) is 5.75 Å². The van der Waals surface area contributed by atoms with Crippen LogP contribution in [0.5, 0.6) is 5.75 Å². The van der Waals surface area contributed by atoms with E-state index in [0.717, 1.165) is 42.5 Å². The highest BCUT2D eigenvalue weighted by Crippen LogP contribution is 2.25. The van der Waals surface area contributed by atoms with Gasteiger partial charge in [-0.1, -0.05) is 41.8 Å². The SMILES string of the molecule is CCCOc1cccc(C(=O)N(CCBr)C2CCCC2)c1. The van der Waals surface area contributed by atoms with Crippen LogP contribution in [0.25, 0.3) is 0 Å². The van der Waals surface area contributed by atoms with Crippen LogP contribution in [0.3, 0.4) is 0 Å². The number of rotatable bonds is 7. The molecule has 3 nitrogen and oxygen atoms in total. The zero-order valence-corrected chi connectivity index (χ0v) is 14.3. The smallest absolute Gasteiger partial charge is 0.254 e. The molecule has 0 saturated heterocycles. The minimum atomic E-state index is 0.128. The second-order valence-electron chi connectivity index (χ2n) is 5.50. The van der Waals surface area contributed by atoms with Crippen LogP contribution in [0, 0.1) is 0 Å². The van der Waals surface area contributed by atoms with Crippen molar-refractivity contribution in [3.63, 3.8) is 0 Å². The number of benzene rings is 1. The van der Waals surface area contributed by atoms with E-state index in [1.165, 1.54) is 12.8 Å². The van der Waals surface area contributed by atoms with Crippen LogP contribution in [0.2, 0.25) is 0 Å². The van der Waals surface area contributed by atoms with Gasteiger partial charge in [0.15, 0.2) is 0 Å². The lowest BCUT2D eigenvalue weighted by atomic mass is 10.1. The van der Waals surface area contributed by atoms with Gasteiger partial charge in [-0.25, -0.2) is 0 Å². The number of alkyl halides is 1. The molecule has 0 unspecified atom stereocenters. The van der Waals surface area contributed by atoms with Gasteiger partial charge < -0.3 is 9.64 Å². The van der Waals surface area contributed by atoms with Crippen molar-refractivity contribution in [2.45, 2.75) is 45.1 Å². The number of halogens is 1. The van der Waals surface area contributed by atoms with Gasteiger partial charge in [0, 0.05) is 23.5 Å². The predicted octanol–water partition coefficient (Wildman–Crippen LogP) is 4.26. The van der Waals surface area contributed by atoms with Crippen LogP contribution in [0.1, 0.15) is 49.4 Å². The van der Waals surface area contributed by atoms with Crippen molar-refractivity contribution < 1.29 is 9.53 Å². The third kappa shape index (κ3) is 4.47. The number of amides is 1. The zero-order chi connectivity index (χ0) is 15.1. The lowest BCUT2D eigenvalue weighted by Gasteiger charge is -2.28. The molecule has 1 amide bonds. The van der Waals surface area contributed by atoms with Crippen LogP contribution in [0.15, 0.2) is 24.3 Å². The summed E-state index contributed by atoms with van der Waals surface area (Å²) in [7, 11) is 0. The first-order valence-electron chi connectivity index (χ1n) is 7.86. The van der Waals surface area contributed by atoms with Crippen LogP contribution in [-0.4, -0.2) is 35.3 Å². The molecule has 0 aromatic heterocycles. The van der Waals surface area contributed by atoms with Gasteiger partial charge in [0.2, 0.25) is 0 Å². The monoisotopic (exact) mass is 353 g/mol. The van der Waals surface area contributed by atoms with Crippen molar-refractivity contribution in [1.82, 2.24) is 4.90 Å². The predicted molar refractivity (Wildman–Crippen MR) is 89.3 cm³/mol. The second kappa shape index (κ2) is 8.42. The van der Waals surface area contributed by atoms with E-state index in [1.807, 2.05) is 29.2 Å². The number of nitrogens with zero attached hydrogens (tertiary/aromatic N) is 1. The zero-order valence-electron chi connectivity index (χ0n) is 12.7. The Morgan fingerprint density at radius 2 is 2.14 bits per heavy atom. The summed E-state index contributed by atoms with van der Waals surface area (Å²) < 4.78 is 5.63. The first-order chi connectivity index (χ1) is 10.3. The fourth-order valence-corrected chi connectivity index (χ4v) is 3.24. The number of ether oxygens (including phenoxy) is 1. The molecule has 1 aliphatic rings. The van der Waals surface area contributed by atoms with Gasteiger partial charge in [0.25, 0.3) is 5.91 Å². The summed E-state index contributed by atoms with van der Waals surface area (Å²) in [6.45, 7) is 3.53. The van der Waals surface area contributed by atoms with E-state index in [-0.39, 0.29) is 5.91 Å². The highest BCUT2D eigenvalue weighted by Gasteiger charge is 2.27. The third-order valence-corrected chi connectivity index (χ3v) is 4.26. The lowest BCUT2D eigenvalue weighted by Crippen LogP contribution is -2.40. The Morgan fingerprint density at radius 3 is 2.81 bits per heavy atom. The fourth-order valence-electron chi connectivity index (χ4n) is 2.86. The highest BCUT2D eigenvalue weighted by molar-refractivity contribution is 9.09. The van der Waals surface area contributed by atoms with Crippen molar-refractivity contribution in [2.24, 2.45) is 0 Å². The molecule has 0 N–H and O–H groups in total. The molecule has 1 aromatic rings. The lowest BCUT2D eigenvalue weighted by molar-refractivity contribution is 0.0696. The van der Waals surface area contributed by atoms with E-state index in [1.54, 1.807) is 0 Å². The van der Waals surface area contributed by atoms with Crippen molar-refractivity contribution >= 4 is 21.8 Å². The van der Waals surface area contributed by atoms with Gasteiger partial charge in [-0.3, -0.25) is 4.79 Å². The first kappa shape index (κ1) is 16.3. The molecule has 116 valence electrons. The van der Waals surface area contributed by atoms with E-state index in [2.05, 4.69) is 22.9 Å². The summed E-state index contributed by atoms with van der Waals surface area (Å²) in [6, 6.07) is 7.97. The quantitative estimate of drug-likeness (QED) is 0.685. The molecule has 21 heavy (non-hydrogen) atoms. The van der Waals surface area contributed by atoms with Crippen LogP contribution < -0.4 is 4.74 Å². The maximum Gasteiger partial charge on any atom is 0.254 e. The Hall–Kier alpha value is -1.03. The summed E-state index contributed by atoms with van der Waals surface area (Å²) in [5, 5.41) is 0.821. The van der Waals surface area contributed by atoms with Crippen LogP contribution in [-0.2, 0) is 0 Å². The Kier molecular flexibility index (Phi) is 6.55. The molecule has 0 radical (unpaired) electrons. The molecule has 0 spiro atoms. The topological polar surface area (TPSA) is 29.5 Å². The number of hydrogen-bond donors (Lipinski definition) is 0. The minimum Gasteiger partial charge on any atom is -0.494 e. The molecule has 1 saturated carbocycles. The summed E-state index contributed by atoms with van der Waals surface area (Å²) in [6.07, 6.45) is 5.69. The molecular weight excluding hydrogens is 330 g/mol. The maximum absolute atomic E-state index is 12.8. The van der Waals surface area contributed by atoms with Crippen molar-refractivity contribution in [2.75, 3.05) is 18.5 Å². The second-order valence-corrected chi connectivity index (χ2v) is 6.30. The van der Waals surface area contributed by atoms with Gasteiger partial charge in [0.05, 0.1) is 6.61 Å². The van der Waals surface area contributed by atoms with E-state index in [4.69, 9.17) is 4.74 Å². The fraction of sp³-hybridized carbons (Fsp3) is 0.588. The van der Waals surface area contributed by atoms with Gasteiger partial charge in [-0.05, 0) is 37.5 Å². The van der Waals surface area contributed by atoms with Gasteiger partial charge in [-0.2, -0.15) is 0 Å². The molecule has 4 heteroatoms. The van der Waals surface area contributed by atoms with Gasteiger partial charge in [-0.15, -0.1) is 0 Å². The van der Waals surface area contributed by atoms with E-state index >= 15 is 0 Å². The first-order valence-corrected chi connectivity index (χ1v) is 8.98. The normalized spacial score (nSPS) is 15.1. The van der Waals surface area contributed by atoms with Gasteiger partial charge >= 0.3 is 0 Å². The molecule has 1 aromatic carbocycles. The Labute approximate surface area is 135 Å². The van der Waals surface area contributed by atoms with E-state index < -0.39 is 0 Å². The summed E-state index contributed by atoms with van der Waals surface area (Å²) >= 11 is 3.47.